The van der Waals surface area contributed by atoms with Crippen LogP contribution in [0.5, 0.6) is 0 Å². The molecule has 0 unspecified atom stereocenters. The SMILES string of the molecule is O=C([O-])CCCCCC(=O)O[N+](=O)[O-].O=C([O-])CCCCCC(=O)O[N+](=O)[O-].OCC[NH2+]CCO.OCC[NH2+]CCO. The van der Waals surface area contributed by atoms with Crippen molar-refractivity contribution >= 4 is 23.9 Å². The van der Waals surface area contributed by atoms with Crippen molar-refractivity contribution in [2.75, 3.05) is 52.6 Å². The van der Waals surface area contributed by atoms with Crippen LogP contribution in [0.4, 0.5) is 0 Å². The monoisotopic (exact) mass is 620 g/mol. The third-order valence-corrected chi connectivity index (χ3v) is 4.21. The van der Waals surface area contributed by atoms with Gasteiger partial charge < -0.3 is 50.9 Å². The number of nitrogens with two attached hydrogens (primary N) is 2. The minimum Gasteiger partial charge on any atom is -0.550 e. The number of hydrogen-bond donors (Lipinski definition) is 6. The lowest BCUT2D eigenvalue weighted by Gasteiger charge is -2.00. The van der Waals surface area contributed by atoms with Gasteiger partial charge in [0.05, 0.1) is 52.6 Å². The number of nitrogens with zero attached hydrogens (tertiary/aromatic N) is 2. The number of unbranched alkanes of at least 4 members (excludes halogenated alkanes) is 4. The number of carbonyl (C=O) groups is 4. The molecule has 0 spiro atoms. The largest absolute Gasteiger partial charge is 0.550 e. The quantitative estimate of drug-likeness (QED) is 0.0372. The van der Waals surface area contributed by atoms with Crippen LogP contribution in [0.15, 0.2) is 0 Å². The minimum atomic E-state index is -1.16. The molecule has 0 aromatic heterocycles. The summed E-state index contributed by atoms with van der Waals surface area (Å²) in [5, 5.41) is 73.3. The van der Waals surface area contributed by atoms with E-state index in [4.69, 9.17) is 20.4 Å². The second kappa shape index (κ2) is 37.4. The normalized spacial score (nSPS) is 9.43. The standard InChI is InChI=1S/2C7H11NO6.2C4H11NO2/c2*9-6(10)4-2-1-3-5-7(11)14-8(12)13;2*6-3-1-5-2-4-7/h2*1-5H2,(H,9,10);2*5-7H,1-4H2. The Morgan fingerprint density at radius 1 is 0.524 bits per heavy atom. The average molecular weight is 621 g/mol. The molecule has 0 heterocycles. The zero-order valence-corrected chi connectivity index (χ0v) is 23.5. The summed E-state index contributed by atoms with van der Waals surface area (Å²) in [5.41, 5.74) is 0. The van der Waals surface area contributed by atoms with Crippen molar-refractivity contribution in [2.45, 2.75) is 64.2 Å². The fourth-order valence-electron chi connectivity index (χ4n) is 2.34. The van der Waals surface area contributed by atoms with Gasteiger partial charge >= 0.3 is 22.1 Å². The fraction of sp³-hybridized carbons (Fsp3) is 0.818. The minimum absolute atomic E-state index is 0.0652. The number of aliphatic hydroxyl groups excluding tert-OH is 4. The highest BCUT2D eigenvalue weighted by Crippen LogP contribution is 2.04. The van der Waals surface area contributed by atoms with E-state index >= 15 is 0 Å². The molecule has 0 radical (unpaired) electrons. The fourth-order valence-corrected chi connectivity index (χ4v) is 2.34. The Bertz CT molecular complexity index is 646. The summed E-state index contributed by atoms with van der Waals surface area (Å²) in [4.78, 5) is 67.6. The predicted octanol–water partition coefficient (Wildman–Crippen LogP) is -6.09. The number of carboxylic acids is 2. The summed E-state index contributed by atoms with van der Waals surface area (Å²) >= 11 is 0. The van der Waals surface area contributed by atoms with Gasteiger partial charge in [0, 0.05) is 24.8 Å². The lowest BCUT2D eigenvalue weighted by Crippen LogP contribution is -2.85. The van der Waals surface area contributed by atoms with E-state index in [2.05, 4.69) is 9.68 Å². The van der Waals surface area contributed by atoms with E-state index in [1.807, 2.05) is 10.6 Å². The highest BCUT2D eigenvalue weighted by molar-refractivity contribution is 5.68. The first-order valence-corrected chi connectivity index (χ1v) is 13.0. The van der Waals surface area contributed by atoms with Crippen molar-refractivity contribution in [2.24, 2.45) is 0 Å². The van der Waals surface area contributed by atoms with Crippen LogP contribution in [-0.4, -0.2) is 107 Å². The number of carbonyl (C=O) groups excluding carboxylic acids is 4. The number of aliphatic hydroxyl groups is 4. The molecule has 0 aromatic rings. The molecule has 0 aliphatic heterocycles. The summed E-state index contributed by atoms with van der Waals surface area (Å²) in [6.45, 7) is 3.56. The Morgan fingerprint density at radius 2 is 0.786 bits per heavy atom. The number of aliphatic carboxylic acids is 2. The first-order chi connectivity index (χ1) is 19.9. The Morgan fingerprint density at radius 3 is 1.00 bits per heavy atom. The van der Waals surface area contributed by atoms with Gasteiger partial charge in [-0.3, -0.25) is 9.59 Å². The van der Waals surface area contributed by atoms with Crippen LogP contribution in [0.25, 0.3) is 0 Å². The van der Waals surface area contributed by atoms with Crippen molar-refractivity contribution < 1.29 is 80.3 Å². The van der Waals surface area contributed by atoms with Crippen LogP contribution >= 0.6 is 0 Å². The Kier molecular flexibility index (Phi) is 40.5. The van der Waals surface area contributed by atoms with Gasteiger partial charge in [-0.05, 0) is 38.5 Å². The number of rotatable bonds is 22. The molecule has 0 aromatic carbocycles. The van der Waals surface area contributed by atoms with Gasteiger partial charge in [0.1, 0.15) is 0 Å². The van der Waals surface area contributed by atoms with Gasteiger partial charge in [0.2, 0.25) is 0 Å². The van der Waals surface area contributed by atoms with E-state index in [1.54, 1.807) is 0 Å². The van der Waals surface area contributed by atoms with Crippen molar-refractivity contribution in [1.82, 2.24) is 0 Å². The number of quaternary nitrogens is 2. The van der Waals surface area contributed by atoms with Crippen molar-refractivity contribution in [3.05, 3.63) is 20.2 Å². The van der Waals surface area contributed by atoms with Gasteiger partial charge in [-0.1, -0.05) is 12.8 Å². The van der Waals surface area contributed by atoms with E-state index in [0.29, 0.717) is 64.7 Å². The Balaban J connectivity index is -0.000000242. The first-order valence-electron chi connectivity index (χ1n) is 13.0. The molecule has 248 valence electrons. The van der Waals surface area contributed by atoms with Gasteiger partial charge in [0.15, 0.2) is 0 Å². The van der Waals surface area contributed by atoms with Crippen LogP contribution < -0.4 is 20.8 Å². The van der Waals surface area contributed by atoms with Crippen LogP contribution in [0.2, 0.25) is 0 Å². The maximum atomic E-state index is 10.6. The zero-order valence-electron chi connectivity index (χ0n) is 23.5. The number of hydrogen-bond acceptors (Lipinski definition) is 16. The molecule has 0 saturated carbocycles. The molecule has 20 nitrogen and oxygen atoms in total. The van der Waals surface area contributed by atoms with Crippen LogP contribution in [0, 0.1) is 20.2 Å². The zero-order chi connectivity index (χ0) is 33.0. The summed E-state index contributed by atoms with van der Waals surface area (Å²) < 4.78 is 0. The van der Waals surface area contributed by atoms with Gasteiger partial charge in [-0.2, -0.15) is 0 Å². The van der Waals surface area contributed by atoms with Gasteiger partial charge in [-0.25, -0.2) is 9.68 Å². The van der Waals surface area contributed by atoms with Crippen molar-refractivity contribution in [3.63, 3.8) is 0 Å². The molecule has 0 fully saturated rings. The second-order valence-electron chi connectivity index (χ2n) is 7.87. The summed E-state index contributed by atoms with van der Waals surface area (Å²) in [6, 6.07) is 0. The summed E-state index contributed by atoms with van der Waals surface area (Å²) in [5.74, 6) is -4.11. The molecule has 0 aliphatic carbocycles. The van der Waals surface area contributed by atoms with E-state index in [1.165, 1.54) is 0 Å². The predicted molar refractivity (Wildman–Crippen MR) is 134 cm³/mol. The first kappa shape index (κ1) is 45.4. The van der Waals surface area contributed by atoms with E-state index in [-0.39, 0.29) is 52.1 Å². The highest BCUT2D eigenvalue weighted by atomic mass is 17.0. The lowest BCUT2D eigenvalue weighted by atomic mass is 10.1. The molecule has 0 bridgehead atoms. The molecule has 0 rings (SSSR count). The molecular formula is C22H44N4O16. The molecular weight excluding hydrogens is 576 g/mol. The molecule has 42 heavy (non-hydrogen) atoms. The van der Waals surface area contributed by atoms with Crippen LogP contribution in [-0.2, 0) is 28.9 Å². The maximum absolute atomic E-state index is 10.6. The van der Waals surface area contributed by atoms with Crippen molar-refractivity contribution in [3.8, 4) is 0 Å². The van der Waals surface area contributed by atoms with E-state index in [0.717, 1.165) is 0 Å². The molecule has 8 N–H and O–H groups in total. The summed E-state index contributed by atoms with van der Waals surface area (Å²) in [6.07, 6.45) is 2.26. The third-order valence-electron chi connectivity index (χ3n) is 4.21. The smallest absolute Gasteiger partial charge is 0.303 e. The van der Waals surface area contributed by atoms with Crippen LogP contribution in [0.3, 0.4) is 0 Å². The third kappa shape index (κ3) is 56.6. The molecule has 0 saturated heterocycles. The Labute approximate surface area is 241 Å². The summed E-state index contributed by atoms with van der Waals surface area (Å²) in [7, 11) is 0. The average Bonchev–Trinajstić information content (AvgIpc) is 2.89. The molecule has 20 heteroatoms. The highest BCUT2D eigenvalue weighted by Gasteiger charge is 2.07. The topological polar surface area (TPSA) is 333 Å². The van der Waals surface area contributed by atoms with E-state index < -0.39 is 34.1 Å². The van der Waals surface area contributed by atoms with Gasteiger partial charge in [0.25, 0.3) is 0 Å². The van der Waals surface area contributed by atoms with E-state index in [9.17, 15) is 49.6 Å². The maximum Gasteiger partial charge on any atom is 0.303 e. The Hall–Kier alpha value is -3.56. The molecule has 0 atom stereocenters. The lowest BCUT2D eigenvalue weighted by molar-refractivity contribution is -0.729. The second-order valence-corrected chi connectivity index (χ2v) is 7.87. The molecule has 0 amide bonds. The van der Waals surface area contributed by atoms with Gasteiger partial charge in [-0.15, -0.1) is 20.2 Å². The molecule has 0 aliphatic rings. The number of carboxylic acid groups (broad SMARTS) is 2. The van der Waals surface area contributed by atoms with Crippen LogP contribution in [0.1, 0.15) is 64.2 Å². The van der Waals surface area contributed by atoms with Crippen molar-refractivity contribution in [1.29, 1.82) is 0 Å².